The maximum Gasteiger partial charge on any atom is 0.136 e. The number of hydrogen-bond donors (Lipinski definition) is 1. The number of aromatic nitrogens is 2. The van der Waals surface area contributed by atoms with E-state index in [-0.39, 0.29) is 5.41 Å². The maximum atomic E-state index is 4.75. The van der Waals surface area contributed by atoms with Gasteiger partial charge in [-0.3, -0.25) is 0 Å². The summed E-state index contributed by atoms with van der Waals surface area (Å²) in [4.78, 5) is 9.45. The minimum atomic E-state index is 0.250. The van der Waals surface area contributed by atoms with Crippen molar-refractivity contribution in [3.05, 3.63) is 17.1 Å². The molecule has 17 heavy (non-hydrogen) atoms. The zero-order chi connectivity index (χ0) is 12.5. The Hall–Kier alpha value is -1.12. The number of nitrogens with zero attached hydrogens (tertiary/aromatic N) is 2. The third-order valence-corrected chi connectivity index (χ3v) is 3.65. The predicted octanol–water partition coefficient (Wildman–Crippen LogP) is 3.22. The van der Waals surface area contributed by atoms with Gasteiger partial charge in [-0.15, -0.1) is 0 Å². The van der Waals surface area contributed by atoms with Crippen LogP contribution in [0.3, 0.4) is 0 Å². The van der Waals surface area contributed by atoms with E-state index in [1.165, 1.54) is 18.4 Å². The summed E-state index contributed by atoms with van der Waals surface area (Å²) in [7, 11) is 0. The summed E-state index contributed by atoms with van der Waals surface area (Å²) in [5, 5.41) is 3.44. The first-order valence-electron chi connectivity index (χ1n) is 6.72. The van der Waals surface area contributed by atoms with Crippen molar-refractivity contribution in [2.24, 2.45) is 0 Å². The number of aryl methyl sites for hydroxylation is 1. The highest BCUT2D eigenvalue weighted by Gasteiger charge is 2.42. The van der Waals surface area contributed by atoms with Gasteiger partial charge in [-0.2, -0.15) is 0 Å². The van der Waals surface area contributed by atoms with E-state index in [0.29, 0.717) is 0 Å². The van der Waals surface area contributed by atoms with Gasteiger partial charge < -0.3 is 5.32 Å². The van der Waals surface area contributed by atoms with Crippen molar-refractivity contribution in [3.8, 4) is 0 Å². The van der Waals surface area contributed by atoms with Crippen molar-refractivity contribution in [1.82, 2.24) is 9.97 Å². The third kappa shape index (κ3) is 2.43. The first-order valence-corrected chi connectivity index (χ1v) is 6.72. The molecule has 1 aliphatic carbocycles. The molecular formula is C14H23N3. The summed E-state index contributed by atoms with van der Waals surface area (Å²) in [6.07, 6.45) is 4.57. The number of anilines is 1. The first kappa shape index (κ1) is 12.3. The van der Waals surface area contributed by atoms with Crippen molar-refractivity contribution >= 4 is 5.82 Å². The molecule has 0 radical (unpaired) electrons. The largest absolute Gasteiger partial charge is 0.370 e. The minimum Gasteiger partial charge on any atom is -0.370 e. The maximum absolute atomic E-state index is 4.75. The van der Waals surface area contributed by atoms with Crippen LogP contribution in [0.1, 0.15) is 57.1 Å². The van der Waals surface area contributed by atoms with E-state index in [2.05, 4.69) is 33.0 Å². The lowest BCUT2D eigenvalue weighted by Gasteiger charge is -2.15. The van der Waals surface area contributed by atoms with Crippen molar-refractivity contribution in [1.29, 1.82) is 0 Å². The molecule has 1 saturated carbocycles. The second kappa shape index (κ2) is 4.63. The van der Waals surface area contributed by atoms with Crippen LogP contribution >= 0.6 is 0 Å². The molecule has 3 nitrogen and oxygen atoms in total. The number of hydrogen-bond acceptors (Lipinski definition) is 3. The lowest BCUT2D eigenvalue weighted by molar-refractivity contribution is 0.698. The van der Waals surface area contributed by atoms with Crippen LogP contribution < -0.4 is 5.32 Å². The average Bonchev–Trinajstić information content (AvgIpc) is 3.05. The van der Waals surface area contributed by atoms with Crippen LogP contribution in [-0.4, -0.2) is 16.5 Å². The normalized spacial score (nSPS) is 16.9. The fraction of sp³-hybridized carbons (Fsp3) is 0.714. The van der Waals surface area contributed by atoms with Crippen molar-refractivity contribution in [2.45, 2.75) is 58.8 Å². The van der Waals surface area contributed by atoms with Crippen LogP contribution in [-0.2, 0) is 11.8 Å². The van der Waals surface area contributed by atoms with Gasteiger partial charge in [0.15, 0.2) is 0 Å². The molecule has 1 N–H and O–H groups in total. The fourth-order valence-corrected chi connectivity index (χ4v) is 2.09. The average molecular weight is 233 g/mol. The molecule has 0 unspecified atom stereocenters. The molecule has 0 amide bonds. The minimum absolute atomic E-state index is 0.250. The van der Waals surface area contributed by atoms with E-state index in [4.69, 9.17) is 9.97 Å². The van der Waals surface area contributed by atoms with Crippen LogP contribution in [0.5, 0.6) is 0 Å². The Balaban J connectivity index is 2.35. The highest BCUT2D eigenvalue weighted by molar-refractivity contribution is 5.47. The van der Waals surface area contributed by atoms with Gasteiger partial charge in [-0.1, -0.05) is 20.8 Å². The summed E-state index contributed by atoms with van der Waals surface area (Å²) in [5.74, 6) is 2.09. The molecular weight excluding hydrogens is 210 g/mol. The topological polar surface area (TPSA) is 37.8 Å². The lowest BCUT2D eigenvalue weighted by atomic mass is 10.1. The summed E-state index contributed by atoms with van der Waals surface area (Å²) in [6.45, 7) is 9.70. The first-order chi connectivity index (χ1) is 8.10. The molecule has 0 saturated heterocycles. The monoisotopic (exact) mass is 233 g/mol. The van der Waals surface area contributed by atoms with Crippen molar-refractivity contribution in [2.75, 3.05) is 11.9 Å². The second-order valence-electron chi connectivity index (χ2n) is 5.30. The van der Waals surface area contributed by atoms with Crippen LogP contribution in [0.2, 0.25) is 0 Å². The molecule has 1 fully saturated rings. The summed E-state index contributed by atoms with van der Waals surface area (Å²) < 4.78 is 0. The van der Waals surface area contributed by atoms with Gasteiger partial charge in [0.25, 0.3) is 0 Å². The highest BCUT2D eigenvalue weighted by atomic mass is 15.0. The molecule has 1 aromatic rings. The molecule has 3 heteroatoms. The van der Waals surface area contributed by atoms with E-state index in [1.807, 2.05) is 0 Å². The Labute approximate surface area is 104 Å². The summed E-state index contributed by atoms with van der Waals surface area (Å²) in [6, 6.07) is 0. The Morgan fingerprint density at radius 3 is 2.47 bits per heavy atom. The summed E-state index contributed by atoms with van der Waals surface area (Å²) in [5.41, 5.74) is 2.66. The Morgan fingerprint density at radius 1 is 1.24 bits per heavy atom. The zero-order valence-corrected chi connectivity index (χ0v) is 11.4. The highest BCUT2D eigenvalue weighted by Crippen LogP contribution is 2.46. The van der Waals surface area contributed by atoms with Gasteiger partial charge in [0.2, 0.25) is 0 Å². The zero-order valence-electron chi connectivity index (χ0n) is 11.4. The van der Waals surface area contributed by atoms with Gasteiger partial charge in [0.05, 0.1) is 0 Å². The van der Waals surface area contributed by atoms with Crippen LogP contribution in [0.4, 0.5) is 5.82 Å². The molecule has 1 aromatic heterocycles. The van der Waals surface area contributed by atoms with E-state index >= 15 is 0 Å². The van der Waals surface area contributed by atoms with Gasteiger partial charge in [-0.05, 0) is 32.6 Å². The van der Waals surface area contributed by atoms with Crippen molar-refractivity contribution in [3.63, 3.8) is 0 Å². The Bertz CT molecular complexity index is 408. The number of nitrogens with one attached hydrogen (secondary N) is 1. The molecule has 0 aromatic carbocycles. The molecule has 1 heterocycles. The van der Waals surface area contributed by atoms with Crippen molar-refractivity contribution < 1.29 is 0 Å². The van der Waals surface area contributed by atoms with Crippen LogP contribution in [0, 0.1) is 6.92 Å². The molecule has 1 aliphatic rings. The molecule has 0 atom stereocenters. The van der Waals surface area contributed by atoms with Gasteiger partial charge in [0, 0.05) is 23.2 Å². The van der Waals surface area contributed by atoms with E-state index in [9.17, 15) is 0 Å². The SMILES string of the molecule is CCCNc1nc(C2(C)CC2)nc(C)c1CC. The van der Waals surface area contributed by atoms with E-state index < -0.39 is 0 Å². The summed E-state index contributed by atoms with van der Waals surface area (Å²) >= 11 is 0. The predicted molar refractivity (Wildman–Crippen MR) is 71.5 cm³/mol. The van der Waals surface area contributed by atoms with Gasteiger partial charge in [0.1, 0.15) is 11.6 Å². The van der Waals surface area contributed by atoms with Crippen LogP contribution in [0.25, 0.3) is 0 Å². The molecule has 2 rings (SSSR count). The standard InChI is InChI=1S/C14H23N3/c1-5-9-15-12-11(6-2)10(3)16-13(17-12)14(4)7-8-14/h5-9H2,1-4H3,(H,15,16,17). The second-order valence-corrected chi connectivity index (χ2v) is 5.30. The lowest BCUT2D eigenvalue weighted by Crippen LogP contribution is -2.14. The molecule has 0 aliphatic heterocycles. The molecule has 0 bridgehead atoms. The number of rotatable bonds is 5. The van der Waals surface area contributed by atoms with E-state index in [1.54, 1.807) is 0 Å². The quantitative estimate of drug-likeness (QED) is 0.848. The fourth-order valence-electron chi connectivity index (χ4n) is 2.09. The smallest absolute Gasteiger partial charge is 0.136 e. The van der Waals surface area contributed by atoms with Crippen LogP contribution in [0.15, 0.2) is 0 Å². The Kier molecular flexibility index (Phi) is 3.36. The molecule has 0 spiro atoms. The van der Waals surface area contributed by atoms with E-state index in [0.717, 1.165) is 36.7 Å². The van der Waals surface area contributed by atoms with Gasteiger partial charge in [-0.25, -0.2) is 9.97 Å². The molecule has 94 valence electrons. The third-order valence-electron chi connectivity index (χ3n) is 3.65. The van der Waals surface area contributed by atoms with Gasteiger partial charge >= 0.3 is 0 Å². The Morgan fingerprint density at radius 2 is 1.94 bits per heavy atom.